The molecule has 18 heavy (non-hydrogen) atoms. The third-order valence-electron chi connectivity index (χ3n) is 3.89. The average Bonchev–Trinajstić information content (AvgIpc) is 2.27. The lowest BCUT2D eigenvalue weighted by Gasteiger charge is -2.28. The molecule has 0 aromatic heterocycles. The quantitative estimate of drug-likeness (QED) is 0.760. The van der Waals surface area contributed by atoms with Gasteiger partial charge in [0.15, 0.2) is 5.78 Å². The lowest BCUT2D eigenvalue weighted by Crippen LogP contribution is -2.26. The van der Waals surface area contributed by atoms with Gasteiger partial charge in [0.05, 0.1) is 5.57 Å². The Bertz CT molecular complexity index is 387. The van der Waals surface area contributed by atoms with Crippen LogP contribution < -0.4 is 0 Å². The van der Waals surface area contributed by atoms with E-state index < -0.39 is 0 Å². The molecule has 0 amide bonds. The fourth-order valence-corrected chi connectivity index (χ4v) is 2.86. The molecule has 0 aromatic rings. The van der Waals surface area contributed by atoms with Crippen LogP contribution in [0.15, 0.2) is 16.3 Å². The van der Waals surface area contributed by atoms with Crippen LogP contribution in [-0.4, -0.2) is 23.1 Å². The molecule has 0 unspecified atom stereocenters. The van der Waals surface area contributed by atoms with E-state index in [9.17, 15) is 9.90 Å². The van der Waals surface area contributed by atoms with Gasteiger partial charge in [-0.2, -0.15) is 0 Å². The molecular formula is C15H23NO2. The van der Waals surface area contributed by atoms with Crippen LogP contribution in [0.5, 0.6) is 0 Å². The summed E-state index contributed by atoms with van der Waals surface area (Å²) in [5.74, 6) is 0.249. The van der Waals surface area contributed by atoms with E-state index in [0.717, 1.165) is 12.8 Å². The molecule has 2 rings (SSSR count). The first-order valence-corrected chi connectivity index (χ1v) is 6.96. The van der Waals surface area contributed by atoms with Crippen molar-refractivity contribution in [3.63, 3.8) is 0 Å². The van der Waals surface area contributed by atoms with Crippen LogP contribution in [0.4, 0.5) is 0 Å². The molecule has 1 fully saturated rings. The van der Waals surface area contributed by atoms with Crippen molar-refractivity contribution in [2.24, 2.45) is 10.4 Å². The normalized spacial score (nSPS) is 26.0. The van der Waals surface area contributed by atoms with Gasteiger partial charge >= 0.3 is 0 Å². The zero-order chi connectivity index (χ0) is 13.2. The second kappa shape index (κ2) is 5.25. The Morgan fingerprint density at radius 3 is 2.50 bits per heavy atom. The molecule has 100 valence electrons. The first-order valence-electron chi connectivity index (χ1n) is 6.96. The minimum atomic E-state index is -0.122. The molecule has 0 radical (unpaired) electrons. The standard InChI is InChI=1S/C15H23NO2/c1-15(2)8-13(17)12(14(18)9-15)10-16-11-6-4-3-5-7-11/h10-11,17H,3-9H2,1-2H3. The lowest BCUT2D eigenvalue weighted by atomic mass is 9.77. The highest BCUT2D eigenvalue weighted by atomic mass is 16.3. The molecule has 2 aliphatic carbocycles. The number of rotatable bonds is 2. The van der Waals surface area contributed by atoms with Crippen molar-refractivity contribution >= 4 is 12.0 Å². The summed E-state index contributed by atoms with van der Waals surface area (Å²) in [4.78, 5) is 16.5. The minimum absolute atomic E-state index is 0.0308. The maximum absolute atomic E-state index is 12.0. The van der Waals surface area contributed by atoms with Crippen LogP contribution in [0.25, 0.3) is 0 Å². The Hall–Kier alpha value is -1.12. The van der Waals surface area contributed by atoms with Crippen LogP contribution >= 0.6 is 0 Å². The second-order valence-electron chi connectivity index (χ2n) is 6.37. The minimum Gasteiger partial charge on any atom is -0.511 e. The Balaban J connectivity index is 2.07. The summed E-state index contributed by atoms with van der Waals surface area (Å²) in [6, 6.07) is 0.349. The molecule has 3 heteroatoms. The van der Waals surface area contributed by atoms with Crippen molar-refractivity contribution in [1.29, 1.82) is 0 Å². The summed E-state index contributed by atoms with van der Waals surface area (Å²) in [6.45, 7) is 4.02. The number of nitrogens with zero attached hydrogens (tertiary/aromatic N) is 1. The molecular weight excluding hydrogens is 226 g/mol. The van der Waals surface area contributed by atoms with E-state index in [1.165, 1.54) is 19.3 Å². The number of hydrogen-bond donors (Lipinski definition) is 1. The maximum Gasteiger partial charge on any atom is 0.168 e. The molecule has 0 saturated heterocycles. The summed E-state index contributed by atoms with van der Waals surface area (Å²) in [6.07, 6.45) is 8.69. The smallest absolute Gasteiger partial charge is 0.168 e. The van der Waals surface area contributed by atoms with Gasteiger partial charge in [-0.15, -0.1) is 0 Å². The molecule has 2 aliphatic rings. The van der Waals surface area contributed by atoms with E-state index in [-0.39, 0.29) is 17.0 Å². The number of Topliss-reactive ketones (excluding diaryl/α,β-unsaturated/α-hetero) is 1. The number of aliphatic hydroxyl groups excluding tert-OH is 1. The van der Waals surface area contributed by atoms with E-state index in [2.05, 4.69) is 4.99 Å². The number of hydrogen-bond acceptors (Lipinski definition) is 3. The molecule has 1 N–H and O–H groups in total. The molecule has 0 aromatic carbocycles. The summed E-state index contributed by atoms with van der Waals surface area (Å²) in [5.41, 5.74) is 0.323. The number of carbonyl (C=O) groups excluding carboxylic acids is 1. The fraction of sp³-hybridized carbons (Fsp3) is 0.733. The maximum atomic E-state index is 12.0. The predicted octanol–water partition coefficient (Wildman–Crippen LogP) is 3.59. The predicted molar refractivity (Wildman–Crippen MR) is 73.0 cm³/mol. The van der Waals surface area contributed by atoms with Crippen LogP contribution in [0.3, 0.4) is 0 Å². The van der Waals surface area contributed by atoms with Crippen LogP contribution in [0.1, 0.15) is 58.8 Å². The van der Waals surface area contributed by atoms with Crippen molar-refractivity contribution in [2.45, 2.75) is 64.8 Å². The number of aliphatic hydroxyl groups is 1. The molecule has 0 spiro atoms. The highest BCUT2D eigenvalue weighted by Gasteiger charge is 2.32. The largest absolute Gasteiger partial charge is 0.511 e. The van der Waals surface area contributed by atoms with E-state index in [4.69, 9.17) is 0 Å². The van der Waals surface area contributed by atoms with Gasteiger partial charge in [0.1, 0.15) is 5.76 Å². The van der Waals surface area contributed by atoms with Gasteiger partial charge in [0, 0.05) is 25.1 Å². The SMILES string of the molecule is CC1(C)CC(=O)C(C=NC2CCCCC2)=C(O)C1. The van der Waals surface area contributed by atoms with Crippen molar-refractivity contribution in [3.05, 3.63) is 11.3 Å². The monoisotopic (exact) mass is 249 g/mol. The topological polar surface area (TPSA) is 49.7 Å². The molecule has 0 atom stereocenters. The van der Waals surface area contributed by atoms with Crippen LogP contribution in [0.2, 0.25) is 0 Å². The van der Waals surface area contributed by atoms with Crippen molar-refractivity contribution in [2.75, 3.05) is 0 Å². The van der Waals surface area contributed by atoms with Crippen molar-refractivity contribution in [3.8, 4) is 0 Å². The zero-order valence-corrected chi connectivity index (χ0v) is 11.4. The Morgan fingerprint density at radius 1 is 1.22 bits per heavy atom. The molecule has 0 aliphatic heterocycles. The van der Waals surface area contributed by atoms with Gasteiger partial charge in [-0.05, 0) is 18.3 Å². The Labute approximate surface area is 109 Å². The molecule has 3 nitrogen and oxygen atoms in total. The molecule has 1 saturated carbocycles. The van der Waals surface area contributed by atoms with Crippen molar-refractivity contribution < 1.29 is 9.90 Å². The zero-order valence-electron chi connectivity index (χ0n) is 11.4. The van der Waals surface area contributed by atoms with Gasteiger partial charge < -0.3 is 5.11 Å². The Kier molecular flexibility index (Phi) is 3.88. The van der Waals surface area contributed by atoms with E-state index in [1.807, 2.05) is 13.8 Å². The summed E-state index contributed by atoms with van der Waals surface area (Å²) >= 11 is 0. The van der Waals surface area contributed by atoms with Crippen LogP contribution in [0, 0.1) is 5.41 Å². The number of ketones is 1. The summed E-state index contributed by atoms with van der Waals surface area (Å²) < 4.78 is 0. The van der Waals surface area contributed by atoms with Gasteiger partial charge in [-0.3, -0.25) is 9.79 Å². The second-order valence-corrected chi connectivity index (χ2v) is 6.37. The van der Waals surface area contributed by atoms with E-state index >= 15 is 0 Å². The van der Waals surface area contributed by atoms with Gasteiger partial charge in [0.2, 0.25) is 0 Å². The Morgan fingerprint density at radius 2 is 1.89 bits per heavy atom. The number of allylic oxidation sites excluding steroid dienone is 2. The first kappa shape index (κ1) is 13.3. The van der Waals surface area contributed by atoms with Crippen LogP contribution in [-0.2, 0) is 4.79 Å². The number of carbonyl (C=O) groups is 1. The molecule has 0 bridgehead atoms. The average molecular weight is 249 g/mol. The lowest BCUT2D eigenvalue weighted by molar-refractivity contribution is -0.117. The third-order valence-corrected chi connectivity index (χ3v) is 3.89. The third kappa shape index (κ3) is 3.21. The van der Waals surface area contributed by atoms with E-state index in [0.29, 0.717) is 24.5 Å². The summed E-state index contributed by atoms with van der Waals surface area (Å²) in [7, 11) is 0. The molecule has 0 heterocycles. The highest BCUT2D eigenvalue weighted by molar-refractivity contribution is 6.14. The van der Waals surface area contributed by atoms with Gasteiger partial charge in [-0.1, -0.05) is 33.1 Å². The summed E-state index contributed by atoms with van der Waals surface area (Å²) in [5, 5.41) is 9.97. The fourth-order valence-electron chi connectivity index (χ4n) is 2.86. The first-order chi connectivity index (χ1) is 8.48. The van der Waals surface area contributed by atoms with Gasteiger partial charge in [-0.25, -0.2) is 0 Å². The number of aliphatic imine (C=N–C) groups is 1. The van der Waals surface area contributed by atoms with Crippen molar-refractivity contribution in [1.82, 2.24) is 0 Å². The van der Waals surface area contributed by atoms with E-state index in [1.54, 1.807) is 6.21 Å². The highest BCUT2D eigenvalue weighted by Crippen LogP contribution is 2.35. The van der Waals surface area contributed by atoms with Gasteiger partial charge in [0.25, 0.3) is 0 Å².